The average molecular weight is 399 g/mol. The highest BCUT2D eigenvalue weighted by Gasteiger charge is 2.28. The van der Waals surface area contributed by atoms with Gasteiger partial charge in [-0.3, -0.25) is 9.78 Å². The summed E-state index contributed by atoms with van der Waals surface area (Å²) in [5.74, 6) is -0.909. The van der Waals surface area contributed by atoms with Gasteiger partial charge >= 0.3 is 13.1 Å². The molecular weight excluding hydrogens is 373 g/mol. The van der Waals surface area contributed by atoms with E-state index in [1.165, 1.54) is 18.6 Å². The molecular formula is C19H26BN5O4. The molecule has 29 heavy (non-hydrogen) atoms. The third kappa shape index (κ3) is 7.88. The van der Waals surface area contributed by atoms with E-state index in [1.807, 2.05) is 44.2 Å². The maximum Gasteiger partial charge on any atom is 0.475 e. The number of rotatable bonds is 9. The molecule has 0 aliphatic carbocycles. The van der Waals surface area contributed by atoms with E-state index in [0.717, 1.165) is 5.56 Å². The Bertz CT molecular complexity index is 777. The number of hydrogen-bond acceptors (Lipinski definition) is 6. The van der Waals surface area contributed by atoms with Crippen LogP contribution in [0.25, 0.3) is 0 Å². The zero-order valence-corrected chi connectivity index (χ0v) is 16.4. The molecule has 10 heteroatoms. The van der Waals surface area contributed by atoms with E-state index in [0.29, 0.717) is 6.42 Å². The topological polar surface area (TPSA) is 136 Å². The van der Waals surface area contributed by atoms with Crippen LogP contribution >= 0.6 is 0 Å². The standard InChI is InChI=1S/C19H26BN5O4/c1-13(2)10-16(20(28)29)24-19(27)23-15(11-14-6-4-3-5-7-14)18(26)25-17-12-21-8-9-22-17/h3-9,12-13,15-16,28-29H,10-11H2,1-2H3,(H,22,25,26)(H2,23,24,27)/t15-,16+/m1/s1. The van der Waals surface area contributed by atoms with Crippen molar-refractivity contribution in [3.63, 3.8) is 0 Å². The normalized spacial score (nSPS) is 12.7. The Kier molecular flexibility index (Phi) is 8.56. The molecule has 0 saturated heterocycles. The number of benzene rings is 1. The number of carbonyl (C=O) groups is 2. The molecule has 1 heterocycles. The van der Waals surface area contributed by atoms with Gasteiger partial charge in [-0.1, -0.05) is 44.2 Å². The first-order chi connectivity index (χ1) is 13.8. The lowest BCUT2D eigenvalue weighted by Gasteiger charge is -2.23. The SMILES string of the molecule is CC(C)C[C@H](NC(=O)N[C@H](Cc1ccccc1)C(=O)Nc1cnccn1)B(O)O. The van der Waals surface area contributed by atoms with Crippen LogP contribution in [0.2, 0.25) is 0 Å². The van der Waals surface area contributed by atoms with E-state index >= 15 is 0 Å². The predicted molar refractivity (Wildman–Crippen MR) is 110 cm³/mol. The fourth-order valence-corrected chi connectivity index (χ4v) is 2.77. The van der Waals surface area contributed by atoms with E-state index in [-0.39, 0.29) is 18.2 Å². The van der Waals surface area contributed by atoms with Crippen molar-refractivity contribution in [2.45, 2.75) is 38.7 Å². The molecule has 1 aromatic carbocycles. The zero-order chi connectivity index (χ0) is 21.2. The van der Waals surface area contributed by atoms with Gasteiger partial charge in [0.25, 0.3) is 0 Å². The molecule has 2 rings (SSSR count). The summed E-state index contributed by atoms with van der Waals surface area (Å²) in [4.78, 5) is 33.1. The lowest BCUT2D eigenvalue weighted by Crippen LogP contribution is -2.55. The van der Waals surface area contributed by atoms with Crippen molar-refractivity contribution in [2.24, 2.45) is 5.92 Å². The van der Waals surface area contributed by atoms with E-state index in [9.17, 15) is 19.6 Å². The summed E-state index contributed by atoms with van der Waals surface area (Å²) in [6, 6.07) is 7.66. The van der Waals surface area contributed by atoms with Gasteiger partial charge in [0.15, 0.2) is 5.82 Å². The second kappa shape index (κ2) is 11.1. The van der Waals surface area contributed by atoms with Crippen molar-refractivity contribution in [3.8, 4) is 0 Å². The first kappa shape index (κ1) is 22.3. The molecule has 0 aliphatic heterocycles. The number of anilines is 1. The van der Waals surface area contributed by atoms with Crippen LogP contribution in [0.5, 0.6) is 0 Å². The van der Waals surface area contributed by atoms with E-state index in [2.05, 4.69) is 25.9 Å². The fourth-order valence-electron chi connectivity index (χ4n) is 2.77. The second-order valence-corrected chi connectivity index (χ2v) is 7.09. The van der Waals surface area contributed by atoms with Gasteiger partial charge in [-0.25, -0.2) is 9.78 Å². The van der Waals surface area contributed by atoms with Gasteiger partial charge in [0.05, 0.1) is 12.1 Å². The van der Waals surface area contributed by atoms with Crippen LogP contribution in [-0.2, 0) is 11.2 Å². The van der Waals surface area contributed by atoms with Crippen molar-refractivity contribution in [1.82, 2.24) is 20.6 Å². The lowest BCUT2D eigenvalue weighted by atomic mass is 9.75. The van der Waals surface area contributed by atoms with Crippen LogP contribution < -0.4 is 16.0 Å². The average Bonchev–Trinajstić information content (AvgIpc) is 2.68. The Balaban J connectivity index is 2.09. The zero-order valence-electron chi connectivity index (χ0n) is 16.4. The van der Waals surface area contributed by atoms with Gasteiger partial charge in [0, 0.05) is 18.8 Å². The van der Waals surface area contributed by atoms with Crippen molar-refractivity contribution in [2.75, 3.05) is 5.32 Å². The third-order valence-corrected chi connectivity index (χ3v) is 4.12. The second-order valence-electron chi connectivity index (χ2n) is 7.09. The summed E-state index contributed by atoms with van der Waals surface area (Å²) in [5.41, 5.74) is 0.855. The van der Waals surface area contributed by atoms with E-state index in [1.54, 1.807) is 0 Å². The summed E-state index contributed by atoms with van der Waals surface area (Å²) in [5, 5.41) is 26.8. The Morgan fingerprint density at radius 2 is 1.83 bits per heavy atom. The maximum absolute atomic E-state index is 12.7. The molecule has 0 fully saturated rings. The molecule has 0 bridgehead atoms. The first-order valence-corrected chi connectivity index (χ1v) is 9.39. The lowest BCUT2D eigenvalue weighted by molar-refractivity contribution is -0.117. The molecule has 0 saturated carbocycles. The summed E-state index contributed by atoms with van der Waals surface area (Å²) in [6.07, 6.45) is 4.95. The number of hydrogen-bond donors (Lipinski definition) is 5. The van der Waals surface area contributed by atoms with Gasteiger partial charge in [-0.15, -0.1) is 0 Å². The molecule has 1 aromatic heterocycles. The highest BCUT2D eigenvalue weighted by molar-refractivity contribution is 6.43. The molecule has 2 aromatic rings. The van der Waals surface area contributed by atoms with Crippen molar-refractivity contribution < 1.29 is 19.6 Å². The molecule has 9 nitrogen and oxygen atoms in total. The van der Waals surface area contributed by atoms with Crippen LogP contribution in [0.3, 0.4) is 0 Å². The minimum atomic E-state index is -1.70. The number of carbonyl (C=O) groups excluding carboxylic acids is 2. The molecule has 5 N–H and O–H groups in total. The maximum atomic E-state index is 12.7. The molecule has 3 amide bonds. The molecule has 154 valence electrons. The van der Waals surface area contributed by atoms with E-state index in [4.69, 9.17) is 0 Å². The van der Waals surface area contributed by atoms with Crippen LogP contribution in [-0.4, -0.2) is 51.1 Å². The number of amides is 3. The number of aromatic nitrogens is 2. The van der Waals surface area contributed by atoms with Crippen molar-refractivity contribution >= 4 is 24.9 Å². The summed E-state index contributed by atoms with van der Waals surface area (Å²) in [6.45, 7) is 3.81. The number of nitrogens with zero attached hydrogens (tertiary/aromatic N) is 2. The molecule has 0 radical (unpaired) electrons. The van der Waals surface area contributed by atoms with Crippen molar-refractivity contribution in [1.29, 1.82) is 0 Å². The minimum Gasteiger partial charge on any atom is -0.426 e. The van der Waals surface area contributed by atoms with Gasteiger partial charge in [-0.05, 0) is 17.9 Å². The number of urea groups is 1. The Morgan fingerprint density at radius 3 is 2.41 bits per heavy atom. The summed E-state index contributed by atoms with van der Waals surface area (Å²) >= 11 is 0. The van der Waals surface area contributed by atoms with Gasteiger partial charge < -0.3 is 26.0 Å². The van der Waals surface area contributed by atoms with Crippen LogP contribution in [0.15, 0.2) is 48.9 Å². The van der Waals surface area contributed by atoms with Gasteiger partial charge in [0.2, 0.25) is 5.91 Å². The Morgan fingerprint density at radius 1 is 1.10 bits per heavy atom. The van der Waals surface area contributed by atoms with E-state index < -0.39 is 31.0 Å². The van der Waals surface area contributed by atoms with Gasteiger partial charge in [0.1, 0.15) is 6.04 Å². The first-order valence-electron chi connectivity index (χ1n) is 9.39. The smallest absolute Gasteiger partial charge is 0.426 e. The molecule has 0 aliphatic rings. The van der Waals surface area contributed by atoms with Gasteiger partial charge in [-0.2, -0.15) is 0 Å². The number of nitrogens with one attached hydrogen (secondary N) is 3. The molecule has 2 atom stereocenters. The van der Waals surface area contributed by atoms with Crippen LogP contribution in [0, 0.1) is 5.92 Å². The Labute approximate surface area is 170 Å². The molecule has 0 spiro atoms. The summed E-state index contributed by atoms with van der Waals surface area (Å²) in [7, 11) is -1.70. The summed E-state index contributed by atoms with van der Waals surface area (Å²) < 4.78 is 0. The minimum absolute atomic E-state index is 0.141. The largest absolute Gasteiger partial charge is 0.475 e. The van der Waals surface area contributed by atoms with Crippen LogP contribution in [0.4, 0.5) is 10.6 Å². The fraction of sp³-hybridized carbons (Fsp3) is 0.368. The van der Waals surface area contributed by atoms with Crippen LogP contribution in [0.1, 0.15) is 25.8 Å². The third-order valence-electron chi connectivity index (χ3n) is 4.12. The molecule has 0 unspecified atom stereocenters. The predicted octanol–water partition coefficient (Wildman–Crippen LogP) is 0.752. The van der Waals surface area contributed by atoms with Crippen molar-refractivity contribution in [3.05, 3.63) is 54.5 Å². The highest BCUT2D eigenvalue weighted by atomic mass is 16.4. The quantitative estimate of drug-likeness (QED) is 0.395. The monoisotopic (exact) mass is 399 g/mol. The Hall–Kier alpha value is -2.98. The highest BCUT2D eigenvalue weighted by Crippen LogP contribution is 2.08.